The van der Waals surface area contributed by atoms with E-state index in [4.69, 9.17) is 10.5 Å². The number of nitro benzene ring substituents is 1. The van der Waals surface area contributed by atoms with Crippen LogP contribution in [0.1, 0.15) is 12.8 Å². The number of nitrogens with zero attached hydrogens (tertiary/aromatic N) is 1. The van der Waals surface area contributed by atoms with Crippen LogP contribution in [0.3, 0.4) is 0 Å². The largest absolute Gasteiger partial charge is 0.378 e. The minimum absolute atomic E-state index is 0.0484. The van der Waals surface area contributed by atoms with Gasteiger partial charge in [0, 0.05) is 36.4 Å². The predicted molar refractivity (Wildman–Crippen MR) is 70.9 cm³/mol. The molecule has 0 spiro atoms. The van der Waals surface area contributed by atoms with E-state index in [1.807, 2.05) is 6.07 Å². The number of ether oxygens (including phenoxy) is 1. The lowest BCUT2D eigenvalue weighted by atomic mass is 9.68. The van der Waals surface area contributed by atoms with Gasteiger partial charge in [-0.1, -0.05) is 6.07 Å². The lowest BCUT2D eigenvalue weighted by molar-refractivity contribution is -0.384. The van der Waals surface area contributed by atoms with Crippen molar-refractivity contribution in [3.63, 3.8) is 0 Å². The van der Waals surface area contributed by atoms with Crippen LogP contribution in [0.25, 0.3) is 0 Å². The first-order chi connectivity index (χ1) is 9.16. The smallest absolute Gasteiger partial charge is 0.271 e. The van der Waals surface area contributed by atoms with Crippen LogP contribution in [-0.4, -0.2) is 29.7 Å². The summed E-state index contributed by atoms with van der Waals surface area (Å²) in [4.78, 5) is 10.3. The first-order valence-corrected chi connectivity index (χ1v) is 6.55. The summed E-state index contributed by atoms with van der Waals surface area (Å²) in [5.74, 6) is 0.421. The highest BCUT2D eigenvalue weighted by Crippen LogP contribution is 2.38. The number of nitrogens with two attached hydrogens (primary N) is 1. The molecule has 1 saturated heterocycles. The number of hydrogen-bond acceptors (Lipinski definition) is 5. The van der Waals surface area contributed by atoms with Crippen LogP contribution in [0.4, 0.5) is 11.4 Å². The number of non-ortho nitro benzene ring substituents is 1. The van der Waals surface area contributed by atoms with Gasteiger partial charge in [-0.3, -0.25) is 10.1 Å². The molecule has 0 aromatic heterocycles. The number of nitrogens with one attached hydrogen (secondary N) is 1. The van der Waals surface area contributed by atoms with Crippen LogP contribution in [-0.2, 0) is 4.74 Å². The maximum atomic E-state index is 10.7. The molecule has 1 heterocycles. The Kier molecular flexibility index (Phi) is 3.12. The van der Waals surface area contributed by atoms with Crippen molar-refractivity contribution in [2.45, 2.75) is 31.0 Å². The Bertz CT molecular complexity index is 494. The van der Waals surface area contributed by atoms with Gasteiger partial charge in [-0.2, -0.15) is 0 Å². The Morgan fingerprint density at radius 3 is 3.11 bits per heavy atom. The second-order valence-corrected chi connectivity index (χ2v) is 5.20. The lowest BCUT2D eigenvalue weighted by Crippen LogP contribution is -2.69. The van der Waals surface area contributed by atoms with Crippen molar-refractivity contribution in [2.24, 2.45) is 11.7 Å². The van der Waals surface area contributed by atoms with Gasteiger partial charge in [0.05, 0.1) is 17.1 Å². The minimum atomic E-state index is -0.397. The predicted octanol–water partition coefficient (Wildman–Crippen LogP) is 1.51. The Labute approximate surface area is 111 Å². The monoisotopic (exact) mass is 263 g/mol. The molecule has 0 amide bonds. The van der Waals surface area contributed by atoms with Gasteiger partial charge in [0.1, 0.15) is 0 Å². The average molecular weight is 263 g/mol. The lowest BCUT2D eigenvalue weighted by Gasteiger charge is -2.52. The maximum Gasteiger partial charge on any atom is 0.271 e. The standard InChI is InChI=1S/C13H17N3O3/c14-11-10-5-2-6-19-13(10)12(11)15-8-3-1-4-9(7-8)16(17)18/h1,3-4,7,10-13,15H,2,5-6,14H2. The highest BCUT2D eigenvalue weighted by Gasteiger charge is 2.50. The van der Waals surface area contributed by atoms with E-state index >= 15 is 0 Å². The van der Waals surface area contributed by atoms with Gasteiger partial charge in [0.15, 0.2) is 0 Å². The molecule has 3 N–H and O–H groups in total. The SMILES string of the molecule is NC1C2CCCOC2C1Nc1cccc([N+](=O)[O-])c1. The maximum absolute atomic E-state index is 10.7. The van der Waals surface area contributed by atoms with E-state index in [-0.39, 0.29) is 23.9 Å². The zero-order chi connectivity index (χ0) is 13.4. The molecular formula is C13H17N3O3. The van der Waals surface area contributed by atoms with Gasteiger partial charge < -0.3 is 15.8 Å². The van der Waals surface area contributed by atoms with Crippen molar-refractivity contribution < 1.29 is 9.66 Å². The molecule has 6 heteroatoms. The molecule has 1 aromatic rings. The number of anilines is 1. The number of benzene rings is 1. The third-order valence-electron chi connectivity index (χ3n) is 4.07. The quantitative estimate of drug-likeness (QED) is 0.637. The van der Waals surface area contributed by atoms with Crippen molar-refractivity contribution in [1.82, 2.24) is 0 Å². The molecule has 0 bridgehead atoms. The molecular weight excluding hydrogens is 246 g/mol. The van der Waals surface area contributed by atoms with Crippen LogP contribution in [0, 0.1) is 16.0 Å². The van der Waals surface area contributed by atoms with Gasteiger partial charge >= 0.3 is 0 Å². The fourth-order valence-electron chi connectivity index (χ4n) is 3.03. The molecule has 4 unspecified atom stereocenters. The molecule has 1 saturated carbocycles. The summed E-state index contributed by atoms with van der Waals surface area (Å²) in [5.41, 5.74) is 6.95. The molecule has 1 aliphatic carbocycles. The third-order valence-corrected chi connectivity index (χ3v) is 4.07. The fourth-order valence-corrected chi connectivity index (χ4v) is 3.03. The number of nitro groups is 1. The molecule has 3 rings (SSSR count). The number of rotatable bonds is 3. The average Bonchev–Trinajstić information content (AvgIpc) is 2.44. The van der Waals surface area contributed by atoms with Crippen molar-refractivity contribution in [1.29, 1.82) is 0 Å². The van der Waals surface area contributed by atoms with Crippen molar-refractivity contribution >= 4 is 11.4 Å². The molecule has 2 aliphatic rings. The van der Waals surface area contributed by atoms with Gasteiger partial charge in [0.25, 0.3) is 5.69 Å². The van der Waals surface area contributed by atoms with Crippen molar-refractivity contribution in [3.8, 4) is 0 Å². The topological polar surface area (TPSA) is 90.4 Å². The van der Waals surface area contributed by atoms with Gasteiger partial charge in [-0.15, -0.1) is 0 Å². The van der Waals surface area contributed by atoms with Crippen LogP contribution >= 0.6 is 0 Å². The molecule has 0 radical (unpaired) electrons. The summed E-state index contributed by atoms with van der Waals surface area (Å²) in [6.45, 7) is 0.779. The molecule has 19 heavy (non-hydrogen) atoms. The number of hydrogen-bond donors (Lipinski definition) is 2. The van der Waals surface area contributed by atoms with E-state index in [0.29, 0.717) is 5.92 Å². The highest BCUT2D eigenvalue weighted by molar-refractivity contribution is 5.52. The summed E-state index contributed by atoms with van der Waals surface area (Å²) in [6.07, 6.45) is 2.32. The van der Waals surface area contributed by atoms with Crippen LogP contribution < -0.4 is 11.1 Å². The van der Waals surface area contributed by atoms with Gasteiger partial charge in [-0.25, -0.2) is 0 Å². The summed E-state index contributed by atoms with van der Waals surface area (Å²) in [5, 5.41) is 14.0. The molecule has 4 atom stereocenters. The Morgan fingerprint density at radius 1 is 1.47 bits per heavy atom. The van der Waals surface area contributed by atoms with Gasteiger partial charge in [-0.05, 0) is 18.9 Å². The Balaban J connectivity index is 1.71. The molecule has 1 aliphatic heterocycles. The zero-order valence-electron chi connectivity index (χ0n) is 10.5. The van der Waals surface area contributed by atoms with E-state index in [1.54, 1.807) is 6.07 Å². The van der Waals surface area contributed by atoms with Crippen molar-refractivity contribution in [3.05, 3.63) is 34.4 Å². The number of fused-ring (bicyclic) bond motifs is 1. The molecule has 102 valence electrons. The van der Waals surface area contributed by atoms with Crippen molar-refractivity contribution in [2.75, 3.05) is 11.9 Å². The molecule has 6 nitrogen and oxygen atoms in total. The van der Waals surface area contributed by atoms with E-state index < -0.39 is 4.92 Å². The zero-order valence-corrected chi connectivity index (χ0v) is 10.5. The van der Waals surface area contributed by atoms with Gasteiger partial charge in [0.2, 0.25) is 0 Å². The summed E-state index contributed by atoms with van der Waals surface area (Å²) in [7, 11) is 0. The fraction of sp³-hybridized carbons (Fsp3) is 0.538. The molecule has 2 fully saturated rings. The van der Waals surface area contributed by atoms with Crippen LogP contribution in [0.2, 0.25) is 0 Å². The Morgan fingerprint density at radius 2 is 2.32 bits per heavy atom. The second kappa shape index (κ2) is 4.79. The van der Waals surface area contributed by atoms with E-state index in [1.165, 1.54) is 12.1 Å². The molecule has 1 aromatic carbocycles. The van der Waals surface area contributed by atoms with E-state index in [2.05, 4.69) is 5.32 Å². The minimum Gasteiger partial charge on any atom is -0.378 e. The summed E-state index contributed by atoms with van der Waals surface area (Å²) in [6, 6.07) is 6.60. The first kappa shape index (κ1) is 12.4. The summed E-state index contributed by atoms with van der Waals surface area (Å²) < 4.78 is 5.73. The van der Waals surface area contributed by atoms with Crippen LogP contribution in [0.15, 0.2) is 24.3 Å². The summed E-state index contributed by atoms with van der Waals surface area (Å²) >= 11 is 0. The van der Waals surface area contributed by atoms with E-state index in [9.17, 15) is 10.1 Å². The second-order valence-electron chi connectivity index (χ2n) is 5.20. The normalized spacial score (nSPS) is 33.1. The van der Waals surface area contributed by atoms with E-state index in [0.717, 1.165) is 25.1 Å². The Hall–Kier alpha value is -1.66. The van der Waals surface area contributed by atoms with Crippen LogP contribution in [0.5, 0.6) is 0 Å². The first-order valence-electron chi connectivity index (χ1n) is 6.55. The highest BCUT2D eigenvalue weighted by atomic mass is 16.6. The third kappa shape index (κ3) is 2.17.